The highest BCUT2D eigenvalue weighted by atomic mass is 16.2. The van der Waals surface area contributed by atoms with Crippen LogP contribution in [0, 0.1) is 0 Å². The van der Waals surface area contributed by atoms with Crippen LogP contribution in [0.5, 0.6) is 0 Å². The van der Waals surface area contributed by atoms with Crippen molar-refractivity contribution in [3.8, 4) is 0 Å². The summed E-state index contributed by atoms with van der Waals surface area (Å²) in [5, 5.41) is 7.27. The quantitative estimate of drug-likeness (QED) is 0.829. The average molecular weight is 285 g/mol. The maximum atomic E-state index is 11.7. The van der Waals surface area contributed by atoms with Gasteiger partial charge < -0.3 is 10.6 Å². The minimum atomic E-state index is -0.182. The molecule has 112 valence electrons. The van der Waals surface area contributed by atoms with Crippen molar-refractivity contribution in [3.63, 3.8) is 0 Å². The molecule has 0 bridgehead atoms. The second-order valence-electron chi connectivity index (χ2n) is 6.22. The average Bonchev–Trinajstić information content (AvgIpc) is 2.42. The fraction of sp³-hybridized carbons (Fsp3) is 0.412. The third-order valence-corrected chi connectivity index (χ3v) is 3.09. The number of carbonyl (C=O) groups is 1. The third kappa shape index (κ3) is 4.83. The standard InChI is InChI=1S/C17H23N3O/c1-17(2,3)20-15(21)12-18-11-9-14-7-4-6-13-8-5-10-19-16(13)14/h4-8,10,18H,9,11-12H2,1-3H3,(H,20,21). The molecule has 0 unspecified atom stereocenters. The van der Waals surface area contributed by atoms with Gasteiger partial charge >= 0.3 is 0 Å². The van der Waals surface area contributed by atoms with Gasteiger partial charge in [0.05, 0.1) is 12.1 Å². The Hall–Kier alpha value is -1.94. The van der Waals surface area contributed by atoms with Crippen LogP contribution >= 0.6 is 0 Å². The number of benzene rings is 1. The molecule has 0 fully saturated rings. The van der Waals surface area contributed by atoms with E-state index < -0.39 is 0 Å². The van der Waals surface area contributed by atoms with Gasteiger partial charge in [-0.3, -0.25) is 9.78 Å². The van der Waals surface area contributed by atoms with Crippen molar-refractivity contribution in [1.82, 2.24) is 15.6 Å². The lowest BCUT2D eigenvalue weighted by Gasteiger charge is -2.20. The topological polar surface area (TPSA) is 54.0 Å². The van der Waals surface area contributed by atoms with Crippen molar-refractivity contribution in [2.75, 3.05) is 13.1 Å². The minimum absolute atomic E-state index is 0.0264. The van der Waals surface area contributed by atoms with E-state index in [1.165, 1.54) is 5.56 Å². The lowest BCUT2D eigenvalue weighted by atomic mass is 10.1. The molecule has 1 aromatic carbocycles. The van der Waals surface area contributed by atoms with Gasteiger partial charge in [0.25, 0.3) is 0 Å². The number of pyridine rings is 1. The normalized spacial score (nSPS) is 11.6. The van der Waals surface area contributed by atoms with E-state index in [0.29, 0.717) is 6.54 Å². The van der Waals surface area contributed by atoms with Gasteiger partial charge in [-0.1, -0.05) is 24.3 Å². The Morgan fingerprint density at radius 1 is 1.19 bits per heavy atom. The molecule has 2 aromatic rings. The summed E-state index contributed by atoms with van der Waals surface area (Å²) in [6.45, 7) is 7.04. The Bertz CT molecular complexity index is 611. The first kappa shape index (κ1) is 15.4. The number of rotatable bonds is 5. The Labute approximate surface area is 126 Å². The molecule has 0 atom stereocenters. The fourth-order valence-electron chi connectivity index (χ4n) is 2.26. The highest BCUT2D eigenvalue weighted by Gasteiger charge is 2.12. The number of nitrogens with zero attached hydrogens (tertiary/aromatic N) is 1. The van der Waals surface area contributed by atoms with Gasteiger partial charge in [-0.25, -0.2) is 0 Å². The van der Waals surface area contributed by atoms with Crippen molar-refractivity contribution in [2.24, 2.45) is 0 Å². The molecule has 0 saturated heterocycles. The molecule has 0 spiro atoms. The smallest absolute Gasteiger partial charge is 0.234 e. The first-order chi connectivity index (χ1) is 9.96. The zero-order chi connectivity index (χ0) is 15.3. The zero-order valence-electron chi connectivity index (χ0n) is 12.9. The summed E-state index contributed by atoms with van der Waals surface area (Å²) in [4.78, 5) is 16.1. The molecule has 0 radical (unpaired) electrons. The van der Waals surface area contributed by atoms with E-state index in [-0.39, 0.29) is 11.4 Å². The summed E-state index contributed by atoms with van der Waals surface area (Å²) in [7, 11) is 0. The zero-order valence-corrected chi connectivity index (χ0v) is 12.9. The number of carbonyl (C=O) groups excluding carboxylic acids is 1. The van der Waals surface area contributed by atoms with Gasteiger partial charge in [-0.15, -0.1) is 0 Å². The molecule has 4 nitrogen and oxygen atoms in total. The van der Waals surface area contributed by atoms with Gasteiger partial charge in [0.15, 0.2) is 0 Å². The number of hydrogen-bond donors (Lipinski definition) is 2. The van der Waals surface area contributed by atoms with Crippen LogP contribution in [-0.2, 0) is 11.2 Å². The first-order valence-electron chi connectivity index (χ1n) is 7.30. The Balaban J connectivity index is 1.84. The third-order valence-electron chi connectivity index (χ3n) is 3.09. The Morgan fingerprint density at radius 2 is 1.95 bits per heavy atom. The van der Waals surface area contributed by atoms with Crippen LogP contribution in [-0.4, -0.2) is 29.5 Å². The molecule has 2 N–H and O–H groups in total. The monoisotopic (exact) mass is 285 g/mol. The Morgan fingerprint density at radius 3 is 2.71 bits per heavy atom. The molecule has 0 saturated carbocycles. The van der Waals surface area contributed by atoms with Crippen LogP contribution in [0.25, 0.3) is 10.9 Å². The van der Waals surface area contributed by atoms with E-state index in [9.17, 15) is 4.79 Å². The number of hydrogen-bond acceptors (Lipinski definition) is 3. The van der Waals surface area contributed by atoms with Gasteiger partial charge in [0, 0.05) is 17.1 Å². The molecule has 21 heavy (non-hydrogen) atoms. The largest absolute Gasteiger partial charge is 0.350 e. The van der Waals surface area contributed by atoms with Crippen molar-refractivity contribution in [1.29, 1.82) is 0 Å². The lowest BCUT2D eigenvalue weighted by Crippen LogP contribution is -2.45. The molecule has 0 aliphatic carbocycles. The van der Waals surface area contributed by atoms with Gasteiger partial charge in [-0.05, 0) is 45.4 Å². The maximum absolute atomic E-state index is 11.7. The van der Waals surface area contributed by atoms with Gasteiger partial charge in [0.1, 0.15) is 0 Å². The van der Waals surface area contributed by atoms with Crippen LogP contribution in [0.3, 0.4) is 0 Å². The molecule has 1 amide bonds. The number of nitrogens with one attached hydrogen (secondary N) is 2. The Kier molecular flexibility index (Phi) is 4.91. The summed E-state index contributed by atoms with van der Waals surface area (Å²) >= 11 is 0. The summed E-state index contributed by atoms with van der Waals surface area (Å²) in [5.74, 6) is 0.0264. The van der Waals surface area contributed by atoms with E-state index in [1.54, 1.807) is 0 Å². The first-order valence-corrected chi connectivity index (χ1v) is 7.30. The SMILES string of the molecule is CC(C)(C)NC(=O)CNCCc1cccc2cccnc12. The molecule has 0 aliphatic heterocycles. The summed E-state index contributed by atoms with van der Waals surface area (Å²) in [6, 6.07) is 10.2. The van der Waals surface area contributed by atoms with Crippen molar-refractivity contribution >= 4 is 16.8 Å². The van der Waals surface area contributed by atoms with Crippen molar-refractivity contribution in [3.05, 3.63) is 42.1 Å². The van der Waals surface area contributed by atoms with E-state index in [1.807, 2.05) is 39.1 Å². The van der Waals surface area contributed by atoms with Gasteiger partial charge in [-0.2, -0.15) is 0 Å². The fourth-order valence-corrected chi connectivity index (χ4v) is 2.26. The molecule has 2 rings (SSSR count). The molecular formula is C17H23N3O. The van der Waals surface area contributed by atoms with E-state index >= 15 is 0 Å². The second kappa shape index (κ2) is 6.68. The van der Waals surface area contributed by atoms with Gasteiger partial charge in [0.2, 0.25) is 5.91 Å². The molecule has 1 aromatic heterocycles. The van der Waals surface area contributed by atoms with E-state index in [4.69, 9.17) is 0 Å². The van der Waals surface area contributed by atoms with Crippen LogP contribution in [0.1, 0.15) is 26.3 Å². The second-order valence-corrected chi connectivity index (χ2v) is 6.22. The van der Waals surface area contributed by atoms with Crippen LogP contribution in [0.15, 0.2) is 36.5 Å². The summed E-state index contributed by atoms with van der Waals surface area (Å²) in [6.07, 6.45) is 2.67. The predicted octanol–water partition coefficient (Wildman–Crippen LogP) is 2.28. The van der Waals surface area contributed by atoms with Crippen molar-refractivity contribution < 1.29 is 4.79 Å². The van der Waals surface area contributed by atoms with Crippen LogP contribution < -0.4 is 10.6 Å². The summed E-state index contributed by atoms with van der Waals surface area (Å²) in [5.41, 5.74) is 2.07. The number of amides is 1. The van der Waals surface area contributed by atoms with Crippen molar-refractivity contribution in [2.45, 2.75) is 32.7 Å². The maximum Gasteiger partial charge on any atom is 0.234 e. The number of para-hydroxylation sites is 1. The number of fused-ring (bicyclic) bond motifs is 1. The van der Waals surface area contributed by atoms with E-state index in [0.717, 1.165) is 23.9 Å². The minimum Gasteiger partial charge on any atom is -0.350 e. The molecule has 1 heterocycles. The molecule has 4 heteroatoms. The van der Waals surface area contributed by atoms with Crippen LogP contribution in [0.2, 0.25) is 0 Å². The number of aromatic nitrogens is 1. The predicted molar refractivity (Wildman–Crippen MR) is 86.2 cm³/mol. The van der Waals surface area contributed by atoms with E-state index in [2.05, 4.69) is 33.8 Å². The summed E-state index contributed by atoms with van der Waals surface area (Å²) < 4.78 is 0. The van der Waals surface area contributed by atoms with Crippen LogP contribution in [0.4, 0.5) is 0 Å². The lowest BCUT2D eigenvalue weighted by molar-refractivity contribution is -0.121. The highest BCUT2D eigenvalue weighted by molar-refractivity contribution is 5.81. The molecule has 0 aliphatic rings. The highest BCUT2D eigenvalue weighted by Crippen LogP contribution is 2.15. The molecular weight excluding hydrogens is 262 g/mol.